The Morgan fingerprint density at radius 3 is 3.18 bits per heavy atom. The second kappa shape index (κ2) is 4.35. The van der Waals surface area contributed by atoms with Gasteiger partial charge in [-0.05, 0) is 37.9 Å². The van der Waals surface area contributed by atoms with Crippen molar-refractivity contribution in [1.82, 2.24) is 10.3 Å². The normalized spacial score (nSPS) is 19.5. The smallest absolute Gasteiger partial charge is 0.0648 e. The van der Waals surface area contributed by atoms with Gasteiger partial charge in [-0.2, -0.15) is 0 Å². The molecule has 2 aromatic rings. The van der Waals surface area contributed by atoms with Crippen LogP contribution in [0.3, 0.4) is 0 Å². The lowest BCUT2D eigenvalue weighted by atomic mass is 9.87. The molecule has 0 saturated heterocycles. The highest BCUT2D eigenvalue weighted by Crippen LogP contribution is 2.37. The SMILES string of the molecule is CNCC1CCCc2c1[nH]c1c(Cl)cccc21. The lowest BCUT2D eigenvalue weighted by Gasteiger charge is -2.22. The Morgan fingerprint density at radius 1 is 1.47 bits per heavy atom. The number of H-pyrrole nitrogens is 1. The Kier molecular flexibility index (Phi) is 2.85. The van der Waals surface area contributed by atoms with Crippen LogP contribution in [-0.4, -0.2) is 18.6 Å². The second-order valence-electron chi connectivity index (χ2n) is 4.83. The zero-order valence-corrected chi connectivity index (χ0v) is 10.8. The molecule has 0 aliphatic heterocycles. The van der Waals surface area contributed by atoms with E-state index in [1.807, 2.05) is 19.2 Å². The van der Waals surface area contributed by atoms with Gasteiger partial charge in [0, 0.05) is 23.5 Å². The number of para-hydroxylation sites is 1. The van der Waals surface area contributed by atoms with E-state index in [1.165, 1.54) is 35.9 Å². The van der Waals surface area contributed by atoms with E-state index in [-0.39, 0.29) is 0 Å². The maximum atomic E-state index is 6.25. The number of aryl methyl sites for hydroxylation is 1. The number of fused-ring (bicyclic) bond motifs is 3. The molecule has 0 saturated carbocycles. The summed E-state index contributed by atoms with van der Waals surface area (Å²) < 4.78 is 0. The third-order valence-electron chi connectivity index (χ3n) is 3.76. The lowest BCUT2D eigenvalue weighted by molar-refractivity contribution is 0.522. The number of aromatic amines is 1. The maximum absolute atomic E-state index is 6.25. The summed E-state index contributed by atoms with van der Waals surface area (Å²) in [6.45, 7) is 1.04. The van der Waals surface area contributed by atoms with Crippen molar-refractivity contribution in [3.8, 4) is 0 Å². The zero-order chi connectivity index (χ0) is 11.8. The third kappa shape index (κ3) is 1.76. The number of likely N-dealkylation sites (N-methyl/N-ethyl adjacent to an activating group) is 1. The Labute approximate surface area is 106 Å². The first kappa shape index (κ1) is 11.1. The fourth-order valence-corrected chi connectivity index (χ4v) is 3.22. The van der Waals surface area contributed by atoms with E-state index in [0.717, 1.165) is 17.1 Å². The van der Waals surface area contributed by atoms with Crippen molar-refractivity contribution in [2.45, 2.75) is 25.2 Å². The second-order valence-corrected chi connectivity index (χ2v) is 5.23. The van der Waals surface area contributed by atoms with Crippen LogP contribution in [0.2, 0.25) is 5.02 Å². The van der Waals surface area contributed by atoms with Crippen molar-refractivity contribution in [3.05, 3.63) is 34.5 Å². The van der Waals surface area contributed by atoms with E-state index in [4.69, 9.17) is 11.6 Å². The van der Waals surface area contributed by atoms with Crippen LogP contribution in [-0.2, 0) is 6.42 Å². The largest absolute Gasteiger partial charge is 0.357 e. The summed E-state index contributed by atoms with van der Waals surface area (Å²) >= 11 is 6.25. The van der Waals surface area contributed by atoms with Gasteiger partial charge < -0.3 is 10.3 Å². The number of halogens is 1. The summed E-state index contributed by atoms with van der Waals surface area (Å²) in [7, 11) is 2.02. The lowest BCUT2D eigenvalue weighted by Crippen LogP contribution is -2.21. The van der Waals surface area contributed by atoms with Crippen molar-refractivity contribution in [3.63, 3.8) is 0 Å². The molecule has 1 aromatic heterocycles. The van der Waals surface area contributed by atoms with Crippen molar-refractivity contribution >= 4 is 22.5 Å². The monoisotopic (exact) mass is 248 g/mol. The average Bonchev–Trinajstić information content (AvgIpc) is 2.71. The van der Waals surface area contributed by atoms with E-state index in [1.54, 1.807) is 0 Å². The Morgan fingerprint density at radius 2 is 2.35 bits per heavy atom. The molecule has 0 spiro atoms. The first-order valence-electron chi connectivity index (χ1n) is 6.25. The number of hydrogen-bond acceptors (Lipinski definition) is 1. The topological polar surface area (TPSA) is 27.8 Å². The summed E-state index contributed by atoms with van der Waals surface area (Å²) in [6.07, 6.45) is 3.72. The molecule has 1 aliphatic rings. The summed E-state index contributed by atoms with van der Waals surface area (Å²) in [5.41, 5.74) is 3.99. The molecule has 1 heterocycles. The summed E-state index contributed by atoms with van der Waals surface area (Å²) in [5, 5.41) is 5.43. The van der Waals surface area contributed by atoms with Crippen LogP contribution in [0, 0.1) is 0 Å². The molecule has 1 aromatic carbocycles. The van der Waals surface area contributed by atoms with Crippen LogP contribution in [0.4, 0.5) is 0 Å². The van der Waals surface area contributed by atoms with Gasteiger partial charge in [0.05, 0.1) is 10.5 Å². The van der Waals surface area contributed by atoms with Crippen LogP contribution < -0.4 is 5.32 Å². The molecule has 2 nitrogen and oxygen atoms in total. The third-order valence-corrected chi connectivity index (χ3v) is 4.08. The minimum atomic E-state index is 0.604. The van der Waals surface area contributed by atoms with Gasteiger partial charge in [0.1, 0.15) is 0 Å². The first-order valence-corrected chi connectivity index (χ1v) is 6.62. The Bertz CT molecular complexity index is 544. The van der Waals surface area contributed by atoms with Crippen LogP contribution >= 0.6 is 11.6 Å². The number of nitrogens with one attached hydrogen (secondary N) is 2. The van der Waals surface area contributed by atoms with Crippen LogP contribution in [0.25, 0.3) is 10.9 Å². The van der Waals surface area contributed by atoms with Crippen molar-refractivity contribution in [2.75, 3.05) is 13.6 Å². The fraction of sp³-hybridized carbons (Fsp3) is 0.429. The van der Waals surface area contributed by atoms with Crippen LogP contribution in [0.5, 0.6) is 0 Å². The van der Waals surface area contributed by atoms with Gasteiger partial charge in [-0.25, -0.2) is 0 Å². The molecule has 3 heteroatoms. The van der Waals surface area contributed by atoms with Gasteiger partial charge in [-0.1, -0.05) is 23.7 Å². The molecular formula is C14H17ClN2. The molecule has 3 rings (SSSR count). The van der Waals surface area contributed by atoms with Crippen molar-refractivity contribution < 1.29 is 0 Å². The maximum Gasteiger partial charge on any atom is 0.0648 e. The van der Waals surface area contributed by atoms with E-state index in [9.17, 15) is 0 Å². The minimum absolute atomic E-state index is 0.604. The molecule has 0 amide bonds. The van der Waals surface area contributed by atoms with Crippen LogP contribution in [0.1, 0.15) is 30.0 Å². The standard InChI is InChI=1S/C14H17ClN2/c1-16-8-9-4-2-5-10-11-6-3-7-12(15)14(11)17-13(9)10/h3,6-7,9,16-17H,2,4-5,8H2,1H3. The van der Waals surface area contributed by atoms with Gasteiger partial charge >= 0.3 is 0 Å². The molecule has 0 bridgehead atoms. The molecular weight excluding hydrogens is 232 g/mol. The van der Waals surface area contributed by atoms with Crippen molar-refractivity contribution in [2.24, 2.45) is 0 Å². The van der Waals surface area contributed by atoms with E-state index < -0.39 is 0 Å². The van der Waals surface area contributed by atoms with Crippen molar-refractivity contribution in [1.29, 1.82) is 0 Å². The van der Waals surface area contributed by atoms with Gasteiger partial charge in [-0.3, -0.25) is 0 Å². The molecule has 1 unspecified atom stereocenters. The fourth-order valence-electron chi connectivity index (χ4n) is 3.00. The molecule has 1 atom stereocenters. The molecule has 90 valence electrons. The summed E-state index contributed by atoms with van der Waals surface area (Å²) in [5.74, 6) is 0.604. The van der Waals surface area contributed by atoms with E-state index in [2.05, 4.69) is 16.4 Å². The number of hydrogen-bond donors (Lipinski definition) is 2. The molecule has 2 N–H and O–H groups in total. The first-order chi connectivity index (χ1) is 8.31. The number of benzene rings is 1. The summed E-state index contributed by atoms with van der Waals surface area (Å²) in [6, 6.07) is 6.18. The minimum Gasteiger partial charge on any atom is -0.357 e. The number of aromatic nitrogens is 1. The highest BCUT2D eigenvalue weighted by molar-refractivity contribution is 6.35. The van der Waals surface area contributed by atoms with Crippen LogP contribution in [0.15, 0.2) is 18.2 Å². The zero-order valence-electron chi connectivity index (χ0n) is 10.0. The predicted octanol–water partition coefficient (Wildman–Crippen LogP) is 3.46. The Balaban J connectivity index is 2.18. The predicted molar refractivity (Wildman–Crippen MR) is 72.9 cm³/mol. The highest BCUT2D eigenvalue weighted by Gasteiger charge is 2.24. The summed E-state index contributed by atoms with van der Waals surface area (Å²) in [4.78, 5) is 3.55. The van der Waals surface area contributed by atoms with Gasteiger partial charge in [0.15, 0.2) is 0 Å². The highest BCUT2D eigenvalue weighted by atomic mass is 35.5. The molecule has 0 radical (unpaired) electrons. The Hall–Kier alpha value is -0.990. The number of rotatable bonds is 2. The van der Waals surface area contributed by atoms with E-state index in [0.29, 0.717) is 5.92 Å². The molecule has 17 heavy (non-hydrogen) atoms. The molecule has 0 fully saturated rings. The quantitative estimate of drug-likeness (QED) is 0.837. The van der Waals surface area contributed by atoms with Gasteiger partial charge in [0.2, 0.25) is 0 Å². The average molecular weight is 249 g/mol. The van der Waals surface area contributed by atoms with Gasteiger partial charge in [0.25, 0.3) is 0 Å². The molecule has 1 aliphatic carbocycles. The van der Waals surface area contributed by atoms with Gasteiger partial charge in [-0.15, -0.1) is 0 Å². The van der Waals surface area contributed by atoms with E-state index >= 15 is 0 Å².